The van der Waals surface area contributed by atoms with Gasteiger partial charge in [-0.1, -0.05) is 12.0 Å². The van der Waals surface area contributed by atoms with Crippen LogP contribution in [0.3, 0.4) is 0 Å². The van der Waals surface area contributed by atoms with E-state index in [0.717, 1.165) is 25.8 Å². The van der Waals surface area contributed by atoms with Crippen LogP contribution < -0.4 is 19.1 Å². The highest BCUT2D eigenvalue weighted by atomic mass is 19.1. The molecule has 4 aliphatic heterocycles. The second-order valence-electron chi connectivity index (χ2n) is 12.1. The number of nitrogens with zero attached hydrogens (tertiary/aromatic N) is 5. The molecule has 4 aromatic rings. The first-order chi connectivity index (χ1) is 21.9. The van der Waals surface area contributed by atoms with Gasteiger partial charge in [-0.05, 0) is 49.4 Å². The molecule has 45 heavy (non-hydrogen) atoms. The highest BCUT2D eigenvalue weighted by molar-refractivity contribution is 6.04. The summed E-state index contributed by atoms with van der Waals surface area (Å²) in [4.78, 5) is 18.1. The molecule has 6 heterocycles. The Morgan fingerprint density at radius 2 is 2.02 bits per heavy atom. The first kappa shape index (κ1) is 28.2. The Labute approximate surface area is 257 Å². The lowest BCUT2D eigenvalue weighted by atomic mass is 9.95. The standard InChI is InChI=1S/C33H30F3N5O4/c1-3-22-24(35)6-5-18-11-21(45-17-42-2)12-23(25(18)22)28-27(36)29-26-30(41-10-7-20(41)15-43-31(26)37-28)39-32(38-29)44-16-33-8-4-9-40(33)14-19(34)13-33/h1,5-6,11-12,19-20H,4,7-10,13-17H2,2H3/t19-,20+,33+/m1/s1. The number of ether oxygens (including phenoxy) is 4. The predicted molar refractivity (Wildman–Crippen MR) is 160 cm³/mol. The molecule has 4 aliphatic rings. The summed E-state index contributed by atoms with van der Waals surface area (Å²) < 4.78 is 69.5. The molecule has 0 saturated carbocycles. The average molecular weight is 618 g/mol. The number of benzene rings is 2. The fraction of sp³-hybridized carbons (Fsp3) is 0.424. The summed E-state index contributed by atoms with van der Waals surface area (Å²) in [6.07, 6.45) is 7.86. The minimum Gasteiger partial charge on any atom is -0.475 e. The molecule has 0 unspecified atom stereocenters. The van der Waals surface area contributed by atoms with Gasteiger partial charge in [-0.25, -0.2) is 18.2 Å². The normalized spacial score (nSPS) is 23.7. The molecule has 9 nitrogen and oxygen atoms in total. The van der Waals surface area contributed by atoms with E-state index in [0.29, 0.717) is 53.8 Å². The van der Waals surface area contributed by atoms with Gasteiger partial charge in [0, 0.05) is 37.6 Å². The number of hydrogen-bond donors (Lipinski definition) is 0. The Hall–Kier alpha value is -4.34. The van der Waals surface area contributed by atoms with Crippen molar-refractivity contribution >= 4 is 27.5 Å². The summed E-state index contributed by atoms with van der Waals surface area (Å²) >= 11 is 0. The fourth-order valence-corrected chi connectivity index (χ4v) is 7.33. The van der Waals surface area contributed by atoms with Crippen LogP contribution in [0.25, 0.3) is 32.9 Å². The van der Waals surface area contributed by atoms with Crippen LogP contribution in [0.15, 0.2) is 24.3 Å². The SMILES string of the molecule is C#Cc1c(F)ccc2cc(OCOC)cc(-c3nc4c5c(nc(OC[C@@]67CCCN6C[C@H](F)C7)nc5c3F)N3CC[C@H]3CO4)c12. The van der Waals surface area contributed by atoms with Crippen LogP contribution in [-0.4, -0.2) is 84.4 Å². The first-order valence-corrected chi connectivity index (χ1v) is 15.1. The van der Waals surface area contributed by atoms with Crippen molar-refractivity contribution in [2.45, 2.75) is 43.4 Å². The van der Waals surface area contributed by atoms with Gasteiger partial charge < -0.3 is 23.8 Å². The molecule has 0 spiro atoms. The summed E-state index contributed by atoms with van der Waals surface area (Å²) in [5.41, 5.74) is -0.440. The van der Waals surface area contributed by atoms with E-state index < -0.39 is 23.3 Å². The van der Waals surface area contributed by atoms with Crippen LogP contribution in [-0.2, 0) is 4.74 Å². The Morgan fingerprint density at radius 1 is 1.13 bits per heavy atom. The van der Waals surface area contributed by atoms with Gasteiger partial charge in [-0.2, -0.15) is 9.97 Å². The summed E-state index contributed by atoms with van der Waals surface area (Å²) in [6, 6.07) is 6.06. The monoisotopic (exact) mass is 617 g/mol. The van der Waals surface area contributed by atoms with Crippen LogP contribution in [0.5, 0.6) is 17.6 Å². The van der Waals surface area contributed by atoms with Crippen LogP contribution in [0.1, 0.15) is 31.2 Å². The third-order valence-corrected chi connectivity index (χ3v) is 9.56. The van der Waals surface area contributed by atoms with Crippen LogP contribution in [0.4, 0.5) is 19.0 Å². The third kappa shape index (κ3) is 4.43. The molecule has 232 valence electrons. The maximum Gasteiger partial charge on any atom is 0.319 e. The summed E-state index contributed by atoms with van der Waals surface area (Å²) in [6.45, 7) is 2.35. The molecule has 3 fully saturated rings. The lowest BCUT2D eigenvalue weighted by molar-refractivity contribution is 0.0512. The predicted octanol–water partition coefficient (Wildman–Crippen LogP) is 5.01. The smallest absolute Gasteiger partial charge is 0.319 e. The van der Waals surface area contributed by atoms with Crippen molar-refractivity contribution in [2.24, 2.45) is 0 Å². The number of rotatable bonds is 7. The van der Waals surface area contributed by atoms with Gasteiger partial charge in [0.1, 0.15) is 53.4 Å². The molecule has 0 amide bonds. The average Bonchev–Trinajstić information content (AvgIpc) is 3.51. The van der Waals surface area contributed by atoms with Crippen molar-refractivity contribution in [1.29, 1.82) is 0 Å². The third-order valence-electron chi connectivity index (χ3n) is 9.56. The van der Waals surface area contributed by atoms with Crippen molar-refractivity contribution < 1.29 is 32.1 Å². The van der Waals surface area contributed by atoms with Gasteiger partial charge in [-0.15, -0.1) is 6.42 Å². The number of halogens is 3. The van der Waals surface area contributed by atoms with Crippen molar-refractivity contribution in [2.75, 3.05) is 51.7 Å². The molecule has 0 aliphatic carbocycles. The Balaban J connectivity index is 1.32. The molecule has 3 atom stereocenters. The summed E-state index contributed by atoms with van der Waals surface area (Å²) in [7, 11) is 1.48. The van der Waals surface area contributed by atoms with Gasteiger partial charge >= 0.3 is 6.01 Å². The molecular formula is C33H30F3N5O4. The zero-order valence-electron chi connectivity index (χ0n) is 24.6. The fourth-order valence-electron chi connectivity index (χ4n) is 7.33. The lowest BCUT2D eigenvalue weighted by Crippen LogP contribution is -2.50. The molecule has 2 aromatic heterocycles. The molecule has 0 bridgehead atoms. The molecular weight excluding hydrogens is 587 g/mol. The van der Waals surface area contributed by atoms with Gasteiger partial charge in [0.25, 0.3) is 0 Å². The van der Waals surface area contributed by atoms with Gasteiger partial charge in [0.05, 0.1) is 17.1 Å². The van der Waals surface area contributed by atoms with E-state index in [-0.39, 0.29) is 53.7 Å². The lowest BCUT2D eigenvalue weighted by Gasteiger charge is -2.40. The van der Waals surface area contributed by atoms with Crippen molar-refractivity contribution in [1.82, 2.24) is 19.9 Å². The second kappa shape index (κ2) is 10.6. The number of aromatic nitrogens is 3. The van der Waals surface area contributed by atoms with Gasteiger partial charge in [0.2, 0.25) is 5.88 Å². The molecule has 2 aromatic carbocycles. The molecule has 8 rings (SSSR count). The zero-order valence-corrected chi connectivity index (χ0v) is 24.6. The minimum atomic E-state index is -0.917. The number of terminal acetylenes is 1. The highest BCUT2D eigenvalue weighted by Gasteiger charge is 2.49. The van der Waals surface area contributed by atoms with Crippen molar-refractivity contribution in [3.8, 4) is 41.2 Å². The number of methoxy groups -OCH3 is 1. The van der Waals surface area contributed by atoms with Crippen molar-refractivity contribution in [3.63, 3.8) is 0 Å². The first-order valence-electron chi connectivity index (χ1n) is 15.1. The number of fused-ring (bicyclic) bond motifs is 4. The summed E-state index contributed by atoms with van der Waals surface area (Å²) in [5, 5.41) is 1.15. The second-order valence-corrected chi connectivity index (χ2v) is 12.1. The van der Waals surface area contributed by atoms with E-state index in [1.165, 1.54) is 13.2 Å². The largest absolute Gasteiger partial charge is 0.475 e. The number of hydrogen-bond acceptors (Lipinski definition) is 9. The van der Waals surface area contributed by atoms with E-state index in [9.17, 15) is 4.39 Å². The molecule has 0 N–H and O–H groups in total. The number of pyridine rings is 1. The molecule has 0 radical (unpaired) electrons. The molecule has 12 heteroatoms. The summed E-state index contributed by atoms with van der Waals surface area (Å²) in [5.74, 6) is 2.00. The van der Waals surface area contributed by atoms with Crippen LogP contribution in [0.2, 0.25) is 0 Å². The van der Waals surface area contributed by atoms with Crippen LogP contribution in [0, 0.1) is 24.0 Å². The van der Waals surface area contributed by atoms with Gasteiger partial charge in [0.15, 0.2) is 12.6 Å². The maximum atomic E-state index is 16.9. The Bertz CT molecular complexity index is 1900. The Kier molecular flexibility index (Phi) is 6.65. The van der Waals surface area contributed by atoms with E-state index >= 15 is 8.78 Å². The minimum absolute atomic E-state index is 0.00650. The topological polar surface area (TPSA) is 82.1 Å². The molecule has 3 saturated heterocycles. The van der Waals surface area contributed by atoms with Crippen molar-refractivity contribution in [3.05, 3.63) is 41.5 Å². The quantitative estimate of drug-likeness (QED) is 0.210. The highest BCUT2D eigenvalue weighted by Crippen LogP contribution is 2.45. The zero-order chi connectivity index (χ0) is 30.9. The van der Waals surface area contributed by atoms with Crippen LogP contribution >= 0.6 is 0 Å². The number of anilines is 1. The van der Waals surface area contributed by atoms with E-state index in [2.05, 4.69) is 20.8 Å². The van der Waals surface area contributed by atoms with Gasteiger partial charge in [-0.3, -0.25) is 4.90 Å². The maximum absolute atomic E-state index is 16.9. The van der Waals surface area contributed by atoms with E-state index in [4.69, 9.17) is 30.4 Å². The Morgan fingerprint density at radius 3 is 2.82 bits per heavy atom. The number of alkyl halides is 1. The van der Waals surface area contributed by atoms with E-state index in [1.807, 2.05) is 4.90 Å². The van der Waals surface area contributed by atoms with E-state index in [1.54, 1.807) is 18.2 Å².